The third-order valence-electron chi connectivity index (χ3n) is 5.01. The zero-order valence-corrected chi connectivity index (χ0v) is 15.2. The van der Waals surface area contributed by atoms with Crippen LogP contribution in [0.25, 0.3) is 45.1 Å². The molecule has 29 heavy (non-hydrogen) atoms. The Hall–Kier alpha value is -3.92. The van der Waals surface area contributed by atoms with E-state index in [0.717, 1.165) is 29.9 Å². The predicted molar refractivity (Wildman–Crippen MR) is 108 cm³/mol. The second-order valence-corrected chi connectivity index (χ2v) is 7.05. The standard InChI is InChI=1S/C19H16N10/c20-10-8-29(9-10)15-7-21-6-14(23-15)11-3-4-12-16(24-11)17(28-27-12)19-25-13-2-1-5-22-18(13)26-19/h1-7,10H,8-9,20H2,(H,27,28)(H,22,25,26). The van der Waals surface area contributed by atoms with Crippen molar-refractivity contribution in [1.29, 1.82) is 0 Å². The van der Waals surface area contributed by atoms with E-state index in [-0.39, 0.29) is 6.04 Å². The highest BCUT2D eigenvalue weighted by Gasteiger charge is 2.25. The fourth-order valence-corrected chi connectivity index (χ4v) is 3.50. The monoisotopic (exact) mass is 384 g/mol. The highest BCUT2D eigenvalue weighted by atomic mass is 15.3. The average Bonchev–Trinajstić information content (AvgIpc) is 3.34. The quantitative estimate of drug-likeness (QED) is 0.425. The molecular weight excluding hydrogens is 368 g/mol. The fraction of sp³-hybridized carbons (Fsp3) is 0.158. The minimum atomic E-state index is 0.196. The van der Waals surface area contributed by atoms with Gasteiger partial charge in [0.15, 0.2) is 17.2 Å². The summed E-state index contributed by atoms with van der Waals surface area (Å²) in [4.78, 5) is 28.0. The number of hydrogen-bond acceptors (Lipinski definition) is 8. The van der Waals surface area contributed by atoms with Crippen molar-refractivity contribution in [1.82, 2.24) is 40.1 Å². The summed E-state index contributed by atoms with van der Waals surface area (Å²) in [7, 11) is 0. The van der Waals surface area contributed by atoms with Crippen molar-refractivity contribution in [3.8, 4) is 22.9 Å². The van der Waals surface area contributed by atoms with Gasteiger partial charge < -0.3 is 15.6 Å². The summed E-state index contributed by atoms with van der Waals surface area (Å²) < 4.78 is 0. The number of aromatic nitrogens is 8. The first-order chi connectivity index (χ1) is 14.2. The number of hydrogen-bond donors (Lipinski definition) is 3. The molecule has 0 saturated carbocycles. The number of nitrogens with two attached hydrogens (primary N) is 1. The minimum Gasteiger partial charge on any atom is -0.352 e. The molecule has 10 heteroatoms. The zero-order valence-electron chi connectivity index (χ0n) is 15.2. The lowest BCUT2D eigenvalue weighted by Crippen LogP contribution is -2.56. The Morgan fingerprint density at radius 1 is 1.00 bits per heavy atom. The van der Waals surface area contributed by atoms with Crippen LogP contribution in [0.2, 0.25) is 0 Å². The molecule has 1 aliphatic heterocycles. The van der Waals surface area contributed by atoms with E-state index in [0.29, 0.717) is 34.1 Å². The van der Waals surface area contributed by atoms with E-state index in [1.807, 2.05) is 24.3 Å². The van der Waals surface area contributed by atoms with Gasteiger partial charge in [0.2, 0.25) is 0 Å². The van der Waals surface area contributed by atoms with Crippen LogP contribution < -0.4 is 10.6 Å². The second-order valence-electron chi connectivity index (χ2n) is 7.05. The lowest BCUT2D eigenvalue weighted by molar-refractivity contribution is 0.514. The molecule has 1 fully saturated rings. The highest BCUT2D eigenvalue weighted by molar-refractivity contribution is 5.90. The zero-order chi connectivity index (χ0) is 19.4. The van der Waals surface area contributed by atoms with E-state index in [1.165, 1.54) is 0 Å². The van der Waals surface area contributed by atoms with Crippen LogP contribution in [0.1, 0.15) is 0 Å². The van der Waals surface area contributed by atoms with E-state index in [1.54, 1.807) is 18.6 Å². The van der Waals surface area contributed by atoms with Gasteiger partial charge in [0.25, 0.3) is 0 Å². The molecule has 5 aromatic rings. The SMILES string of the molecule is NC1CN(c2cncc(-c3ccc4[nH]nc(-c5nc6ncccc6[nH]5)c4n3)n2)C1. The molecule has 0 bridgehead atoms. The van der Waals surface area contributed by atoms with Gasteiger partial charge >= 0.3 is 0 Å². The maximum absolute atomic E-state index is 5.88. The summed E-state index contributed by atoms with van der Waals surface area (Å²) in [6.07, 6.45) is 5.17. The Morgan fingerprint density at radius 3 is 2.79 bits per heavy atom. The Balaban J connectivity index is 1.43. The van der Waals surface area contributed by atoms with Gasteiger partial charge in [-0.2, -0.15) is 5.10 Å². The third-order valence-corrected chi connectivity index (χ3v) is 5.01. The van der Waals surface area contributed by atoms with Crippen molar-refractivity contribution >= 4 is 28.0 Å². The van der Waals surface area contributed by atoms with E-state index in [9.17, 15) is 0 Å². The molecule has 142 valence electrons. The molecule has 10 nitrogen and oxygen atoms in total. The van der Waals surface area contributed by atoms with Gasteiger partial charge in [-0.15, -0.1) is 0 Å². The molecule has 0 unspecified atom stereocenters. The summed E-state index contributed by atoms with van der Waals surface area (Å²) in [5.41, 5.74) is 10.9. The number of pyridine rings is 2. The summed E-state index contributed by atoms with van der Waals surface area (Å²) >= 11 is 0. The first-order valence-electron chi connectivity index (χ1n) is 9.24. The molecule has 6 rings (SSSR count). The van der Waals surface area contributed by atoms with E-state index in [4.69, 9.17) is 15.7 Å². The number of H-pyrrole nitrogens is 2. The topological polar surface area (TPSA) is 138 Å². The number of aromatic amines is 2. The summed E-state index contributed by atoms with van der Waals surface area (Å²) in [6.45, 7) is 1.58. The van der Waals surface area contributed by atoms with Crippen LogP contribution in [0, 0.1) is 0 Å². The van der Waals surface area contributed by atoms with Crippen LogP contribution in [0.4, 0.5) is 5.82 Å². The molecule has 6 heterocycles. The molecule has 0 aromatic carbocycles. The Morgan fingerprint density at radius 2 is 1.93 bits per heavy atom. The maximum atomic E-state index is 5.88. The smallest absolute Gasteiger partial charge is 0.178 e. The average molecular weight is 384 g/mol. The lowest BCUT2D eigenvalue weighted by atomic mass is 10.1. The summed E-state index contributed by atoms with van der Waals surface area (Å²) in [6, 6.07) is 7.82. The van der Waals surface area contributed by atoms with E-state index < -0.39 is 0 Å². The number of nitrogens with zero attached hydrogens (tertiary/aromatic N) is 7. The van der Waals surface area contributed by atoms with Crippen LogP contribution in [0.3, 0.4) is 0 Å². The number of imidazole rings is 1. The predicted octanol–water partition coefficient (Wildman–Crippen LogP) is 1.50. The van der Waals surface area contributed by atoms with Crippen LogP contribution in [0.5, 0.6) is 0 Å². The first kappa shape index (κ1) is 16.1. The number of fused-ring (bicyclic) bond motifs is 2. The van der Waals surface area contributed by atoms with Gasteiger partial charge in [-0.1, -0.05) is 0 Å². The Bertz CT molecular complexity index is 1310. The fourth-order valence-electron chi connectivity index (χ4n) is 3.50. The van der Waals surface area contributed by atoms with Crippen molar-refractivity contribution in [3.63, 3.8) is 0 Å². The van der Waals surface area contributed by atoms with E-state index in [2.05, 4.69) is 35.0 Å². The normalized spacial score (nSPS) is 14.6. The third kappa shape index (κ3) is 2.61. The van der Waals surface area contributed by atoms with Crippen molar-refractivity contribution in [2.24, 2.45) is 5.73 Å². The first-order valence-corrected chi connectivity index (χ1v) is 9.24. The summed E-state index contributed by atoms with van der Waals surface area (Å²) in [5, 5.41) is 7.42. The number of rotatable bonds is 3. The van der Waals surface area contributed by atoms with E-state index >= 15 is 0 Å². The van der Waals surface area contributed by atoms with Gasteiger partial charge in [0.1, 0.15) is 17.0 Å². The van der Waals surface area contributed by atoms with Crippen molar-refractivity contribution in [3.05, 3.63) is 42.9 Å². The van der Waals surface area contributed by atoms with Crippen LogP contribution >= 0.6 is 0 Å². The molecule has 5 aromatic heterocycles. The molecule has 0 radical (unpaired) electrons. The molecule has 0 atom stereocenters. The second kappa shape index (κ2) is 6.04. The van der Waals surface area contributed by atoms with Crippen LogP contribution in [-0.4, -0.2) is 59.2 Å². The Labute approximate surface area is 164 Å². The number of anilines is 1. The van der Waals surface area contributed by atoms with Gasteiger partial charge in [0.05, 0.1) is 29.1 Å². The Kier molecular flexibility index (Phi) is 3.35. The van der Waals surface area contributed by atoms with Crippen molar-refractivity contribution in [2.45, 2.75) is 6.04 Å². The highest BCUT2D eigenvalue weighted by Crippen LogP contribution is 2.27. The summed E-state index contributed by atoms with van der Waals surface area (Å²) in [5.74, 6) is 1.42. The van der Waals surface area contributed by atoms with Crippen LogP contribution in [0.15, 0.2) is 42.9 Å². The molecule has 0 amide bonds. The van der Waals surface area contributed by atoms with Crippen molar-refractivity contribution in [2.75, 3.05) is 18.0 Å². The molecule has 1 saturated heterocycles. The number of nitrogens with one attached hydrogen (secondary N) is 2. The largest absolute Gasteiger partial charge is 0.352 e. The molecular formula is C19H16N10. The van der Waals surface area contributed by atoms with Crippen LogP contribution in [-0.2, 0) is 0 Å². The molecule has 0 aliphatic carbocycles. The molecule has 0 spiro atoms. The van der Waals surface area contributed by atoms with Gasteiger partial charge in [-0.25, -0.2) is 19.9 Å². The molecule has 4 N–H and O–H groups in total. The van der Waals surface area contributed by atoms with Gasteiger partial charge in [-0.05, 0) is 24.3 Å². The van der Waals surface area contributed by atoms with Gasteiger partial charge in [0, 0.05) is 25.3 Å². The lowest BCUT2D eigenvalue weighted by Gasteiger charge is -2.37. The van der Waals surface area contributed by atoms with Crippen molar-refractivity contribution < 1.29 is 0 Å². The minimum absolute atomic E-state index is 0.196. The molecule has 1 aliphatic rings. The van der Waals surface area contributed by atoms with Gasteiger partial charge in [-0.3, -0.25) is 10.1 Å². The maximum Gasteiger partial charge on any atom is 0.178 e.